The molecular formula is C16H31NO4. The van der Waals surface area contributed by atoms with Gasteiger partial charge in [0.25, 0.3) is 0 Å². The Labute approximate surface area is 128 Å². The zero-order valence-corrected chi connectivity index (χ0v) is 13.8. The van der Waals surface area contributed by atoms with Crippen LogP contribution in [-0.4, -0.2) is 49.6 Å². The Balaban J connectivity index is 2.23. The molecule has 1 aliphatic carbocycles. The van der Waals surface area contributed by atoms with Crippen LogP contribution in [-0.2, 0) is 14.3 Å². The largest absolute Gasteiger partial charge is 0.468 e. The van der Waals surface area contributed by atoms with E-state index in [4.69, 9.17) is 9.47 Å². The van der Waals surface area contributed by atoms with Crippen molar-refractivity contribution in [3.8, 4) is 0 Å². The van der Waals surface area contributed by atoms with E-state index >= 15 is 0 Å². The lowest BCUT2D eigenvalue weighted by molar-refractivity contribution is -0.144. The zero-order chi connectivity index (χ0) is 15.8. The van der Waals surface area contributed by atoms with Crippen molar-refractivity contribution >= 4 is 5.97 Å². The SMILES string of the molecule is COC(=O)C(NCC(O)COC1CCC(C)CC1)C(C)C. The molecule has 0 spiro atoms. The van der Waals surface area contributed by atoms with Gasteiger partial charge in [0.2, 0.25) is 0 Å². The zero-order valence-electron chi connectivity index (χ0n) is 13.8. The van der Waals surface area contributed by atoms with Gasteiger partial charge in [0, 0.05) is 6.54 Å². The summed E-state index contributed by atoms with van der Waals surface area (Å²) in [7, 11) is 1.38. The molecule has 1 rings (SSSR count). The van der Waals surface area contributed by atoms with E-state index in [-0.39, 0.29) is 24.0 Å². The first-order valence-electron chi connectivity index (χ1n) is 8.04. The number of nitrogens with one attached hydrogen (secondary N) is 1. The van der Waals surface area contributed by atoms with Crippen molar-refractivity contribution in [2.45, 2.75) is 64.7 Å². The van der Waals surface area contributed by atoms with Crippen LogP contribution in [0.15, 0.2) is 0 Å². The summed E-state index contributed by atoms with van der Waals surface area (Å²) in [4.78, 5) is 11.6. The van der Waals surface area contributed by atoms with Gasteiger partial charge in [-0.25, -0.2) is 0 Å². The van der Waals surface area contributed by atoms with Crippen molar-refractivity contribution in [1.29, 1.82) is 0 Å². The van der Waals surface area contributed by atoms with Gasteiger partial charge in [-0.15, -0.1) is 0 Å². The Hall–Kier alpha value is -0.650. The molecule has 5 nitrogen and oxygen atoms in total. The number of carbonyl (C=O) groups is 1. The summed E-state index contributed by atoms with van der Waals surface area (Å²) in [5.41, 5.74) is 0. The molecule has 124 valence electrons. The molecule has 1 aliphatic rings. The molecular weight excluding hydrogens is 270 g/mol. The van der Waals surface area contributed by atoms with Crippen molar-refractivity contribution in [3.05, 3.63) is 0 Å². The molecule has 2 unspecified atom stereocenters. The van der Waals surface area contributed by atoms with Gasteiger partial charge in [-0.1, -0.05) is 20.8 Å². The highest BCUT2D eigenvalue weighted by Gasteiger charge is 2.24. The lowest BCUT2D eigenvalue weighted by Crippen LogP contribution is -2.46. The lowest BCUT2D eigenvalue weighted by Gasteiger charge is -2.27. The summed E-state index contributed by atoms with van der Waals surface area (Å²) in [6, 6.07) is -0.389. The summed E-state index contributed by atoms with van der Waals surface area (Å²) in [6.07, 6.45) is 4.25. The summed E-state index contributed by atoms with van der Waals surface area (Å²) >= 11 is 0. The van der Waals surface area contributed by atoms with E-state index in [1.165, 1.54) is 20.0 Å². The minimum Gasteiger partial charge on any atom is -0.468 e. The van der Waals surface area contributed by atoms with Gasteiger partial charge in [-0.05, 0) is 37.5 Å². The molecule has 0 heterocycles. The summed E-state index contributed by atoms with van der Waals surface area (Å²) in [6.45, 7) is 6.81. The van der Waals surface area contributed by atoms with Gasteiger partial charge in [0.15, 0.2) is 0 Å². The van der Waals surface area contributed by atoms with Crippen LogP contribution >= 0.6 is 0 Å². The van der Waals surface area contributed by atoms with E-state index in [2.05, 4.69) is 12.2 Å². The Bertz CT molecular complexity index is 301. The van der Waals surface area contributed by atoms with Crippen LogP contribution in [0, 0.1) is 11.8 Å². The van der Waals surface area contributed by atoms with Gasteiger partial charge < -0.3 is 19.9 Å². The van der Waals surface area contributed by atoms with Crippen molar-refractivity contribution in [2.75, 3.05) is 20.3 Å². The molecule has 0 bridgehead atoms. The molecule has 0 aromatic heterocycles. The summed E-state index contributed by atoms with van der Waals surface area (Å²) in [5, 5.41) is 13.0. The first kappa shape index (κ1) is 18.4. The Morgan fingerprint density at radius 1 is 1.29 bits per heavy atom. The Kier molecular flexibility index (Phi) is 8.22. The van der Waals surface area contributed by atoms with Crippen LogP contribution < -0.4 is 5.32 Å². The normalized spacial score (nSPS) is 25.6. The smallest absolute Gasteiger partial charge is 0.323 e. The summed E-state index contributed by atoms with van der Waals surface area (Å²) in [5.74, 6) is 0.619. The maximum atomic E-state index is 11.6. The molecule has 0 aromatic carbocycles. The second kappa shape index (κ2) is 9.38. The highest BCUT2D eigenvalue weighted by atomic mass is 16.5. The fourth-order valence-corrected chi connectivity index (χ4v) is 2.68. The number of hydrogen-bond donors (Lipinski definition) is 2. The molecule has 2 atom stereocenters. The monoisotopic (exact) mass is 301 g/mol. The maximum absolute atomic E-state index is 11.6. The van der Waals surface area contributed by atoms with Crippen LogP contribution in [0.3, 0.4) is 0 Å². The van der Waals surface area contributed by atoms with E-state index in [0.717, 1.165) is 18.8 Å². The highest BCUT2D eigenvalue weighted by Crippen LogP contribution is 2.25. The van der Waals surface area contributed by atoms with Crippen LogP contribution in [0.5, 0.6) is 0 Å². The van der Waals surface area contributed by atoms with Crippen LogP contribution in [0.1, 0.15) is 46.5 Å². The first-order chi connectivity index (χ1) is 9.93. The van der Waals surface area contributed by atoms with Gasteiger partial charge >= 0.3 is 5.97 Å². The fourth-order valence-electron chi connectivity index (χ4n) is 2.68. The van der Waals surface area contributed by atoms with E-state index < -0.39 is 6.10 Å². The van der Waals surface area contributed by atoms with Crippen molar-refractivity contribution in [1.82, 2.24) is 5.32 Å². The Morgan fingerprint density at radius 3 is 2.43 bits per heavy atom. The number of carbonyl (C=O) groups excluding carboxylic acids is 1. The van der Waals surface area contributed by atoms with Crippen LogP contribution in [0.2, 0.25) is 0 Å². The molecule has 0 aromatic rings. The molecule has 21 heavy (non-hydrogen) atoms. The van der Waals surface area contributed by atoms with E-state index in [1.807, 2.05) is 13.8 Å². The topological polar surface area (TPSA) is 67.8 Å². The number of esters is 1. The molecule has 0 aliphatic heterocycles. The van der Waals surface area contributed by atoms with E-state index in [1.54, 1.807) is 0 Å². The third-order valence-electron chi connectivity index (χ3n) is 4.18. The molecule has 0 amide bonds. The average molecular weight is 301 g/mol. The number of ether oxygens (including phenoxy) is 2. The number of aliphatic hydroxyl groups is 1. The second-order valence-corrected chi connectivity index (χ2v) is 6.52. The number of aliphatic hydroxyl groups excluding tert-OH is 1. The van der Waals surface area contributed by atoms with Gasteiger partial charge in [0.05, 0.1) is 25.9 Å². The number of methoxy groups -OCH3 is 1. The number of hydrogen-bond acceptors (Lipinski definition) is 5. The highest BCUT2D eigenvalue weighted by molar-refractivity contribution is 5.75. The van der Waals surface area contributed by atoms with E-state index in [0.29, 0.717) is 13.2 Å². The maximum Gasteiger partial charge on any atom is 0.323 e. The molecule has 5 heteroatoms. The number of rotatable bonds is 8. The quantitative estimate of drug-likeness (QED) is 0.668. The standard InChI is InChI=1S/C16H31NO4/c1-11(2)15(16(19)20-4)17-9-13(18)10-21-14-7-5-12(3)6-8-14/h11-15,17-18H,5-10H2,1-4H3. The molecule has 1 fully saturated rings. The minimum atomic E-state index is -0.602. The van der Waals surface area contributed by atoms with Gasteiger partial charge in [-0.3, -0.25) is 4.79 Å². The van der Waals surface area contributed by atoms with E-state index in [9.17, 15) is 9.90 Å². The third kappa shape index (κ3) is 6.76. The fraction of sp³-hybridized carbons (Fsp3) is 0.938. The first-order valence-corrected chi connectivity index (χ1v) is 8.04. The van der Waals surface area contributed by atoms with Crippen molar-refractivity contribution < 1.29 is 19.4 Å². The second-order valence-electron chi connectivity index (χ2n) is 6.52. The van der Waals surface area contributed by atoms with Gasteiger partial charge in [-0.2, -0.15) is 0 Å². The van der Waals surface area contributed by atoms with Gasteiger partial charge in [0.1, 0.15) is 6.04 Å². The average Bonchev–Trinajstić information content (AvgIpc) is 2.46. The predicted molar refractivity (Wildman–Crippen MR) is 82.0 cm³/mol. The van der Waals surface area contributed by atoms with Crippen LogP contribution in [0.4, 0.5) is 0 Å². The lowest BCUT2D eigenvalue weighted by atomic mass is 9.89. The molecule has 0 saturated heterocycles. The molecule has 0 radical (unpaired) electrons. The summed E-state index contributed by atoms with van der Waals surface area (Å²) < 4.78 is 10.5. The molecule has 1 saturated carbocycles. The minimum absolute atomic E-state index is 0.116. The predicted octanol–water partition coefficient (Wildman–Crippen LogP) is 1.73. The molecule has 2 N–H and O–H groups in total. The third-order valence-corrected chi connectivity index (χ3v) is 4.18. The Morgan fingerprint density at radius 2 is 1.90 bits per heavy atom. The van der Waals surface area contributed by atoms with Crippen molar-refractivity contribution in [3.63, 3.8) is 0 Å². The van der Waals surface area contributed by atoms with Crippen LogP contribution in [0.25, 0.3) is 0 Å². The van der Waals surface area contributed by atoms with Crippen molar-refractivity contribution in [2.24, 2.45) is 11.8 Å².